The monoisotopic (exact) mass is 536 g/mol. The van der Waals surface area contributed by atoms with Crippen LogP contribution in [-0.4, -0.2) is 38.8 Å². The van der Waals surface area contributed by atoms with E-state index < -0.39 is 16.0 Å². The van der Waals surface area contributed by atoms with Crippen molar-refractivity contribution in [2.24, 2.45) is 5.92 Å². The van der Waals surface area contributed by atoms with Crippen LogP contribution in [0.5, 0.6) is 0 Å². The molecule has 2 aromatic rings. The zero-order valence-corrected chi connectivity index (χ0v) is 21.1. The van der Waals surface area contributed by atoms with Crippen LogP contribution in [0.4, 0.5) is 0 Å². The Kier molecular flexibility index (Phi) is 7.61. The SMILES string of the molecule is COC(=O)C1=C(C)N(CC(C)C)C(=O)/C1=C/c1ccc(CNS(=O)(=O)c2ccc(Br)cc2)o1. The van der Waals surface area contributed by atoms with Gasteiger partial charge in [-0.25, -0.2) is 17.9 Å². The average molecular weight is 537 g/mol. The van der Waals surface area contributed by atoms with Gasteiger partial charge in [0.05, 0.1) is 29.7 Å². The van der Waals surface area contributed by atoms with Crippen molar-refractivity contribution in [2.75, 3.05) is 13.7 Å². The minimum Gasteiger partial charge on any atom is -0.465 e. The molecule has 8 nitrogen and oxygen atoms in total. The fraction of sp³-hybridized carbons (Fsp3) is 0.304. The molecular formula is C23H25BrN2O6S. The average Bonchev–Trinajstić information content (AvgIpc) is 3.30. The smallest absolute Gasteiger partial charge is 0.340 e. The van der Waals surface area contributed by atoms with Crippen LogP contribution in [0.2, 0.25) is 0 Å². The number of hydrogen-bond acceptors (Lipinski definition) is 6. The summed E-state index contributed by atoms with van der Waals surface area (Å²) in [7, 11) is -2.46. The Morgan fingerprint density at radius 3 is 2.48 bits per heavy atom. The Balaban J connectivity index is 1.81. The van der Waals surface area contributed by atoms with E-state index in [0.717, 1.165) is 4.47 Å². The van der Waals surface area contributed by atoms with E-state index in [0.29, 0.717) is 23.8 Å². The second-order valence-corrected chi connectivity index (χ2v) is 10.6. The van der Waals surface area contributed by atoms with Crippen LogP contribution in [0.1, 0.15) is 32.3 Å². The van der Waals surface area contributed by atoms with E-state index in [1.807, 2.05) is 13.8 Å². The van der Waals surface area contributed by atoms with Gasteiger partial charge in [0.15, 0.2) is 0 Å². The Bertz CT molecular complexity index is 1230. The summed E-state index contributed by atoms with van der Waals surface area (Å²) in [5.41, 5.74) is 0.897. The lowest BCUT2D eigenvalue weighted by Gasteiger charge is -2.19. The molecule has 1 aliphatic rings. The molecule has 176 valence electrons. The molecule has 2 heterocycles. The molecule has 0 bridgehead atoms. The highest BCUT2D eigenvalue weighted by Gasteiger charge is 2.37. The predicted octanol–water partition coefficient (Wildman–Crippen LogP) is 3.85. The lowest BCUT2D eigenvalue weighted by atomic mass is 10.1. The summed E-state index contributed by atoms with van der Waals surface area (Å²) in [5, 5.41) is 0. The van der Waals surface area contributed by atoms with Gasteiger partial charge in [-0.05, 0) is 55.3 Å². The third-order valence-corrected chi connectivity index (χ3v) is 6.92. The van der Waals surface area contributed by atoms with Gasteiger partial charge < -0.3 is 14.1 Å². The van der Waals surface area contributed by atoms with E-state index >= 15 is 0 Å². The first-order chi connectivity index (χ1) is 15.5. The topological polar surface area (TPSA) is 106 Å². The van der Waals surface area contributed by atoms with Crippen LogP contribution in [0.3, 0.4) is 0 Å². The van der Waals surface area contributed by atoms with Gasteiger partial charge in [-0.15, -0.1) is 0 Å². The second kappa shape index (κ2) is 10.1. The van der Waals surface area contributed by atoms with Crippen molar-refractivity contribution in [3.8, 4) is 0 Å². The number of rotatable bonds is 8. The van der Waals surface area contributed by atoms with E-state index in [1.165, 1.54) is 25.3 Å². The van der Waals surface area contributed by atoms with Gasteiger partial charge in [-0.3, -0.25) is 4.79 Å². The van der Waals surface area contributed by atoms with Crippen molar-refractivity contribution < 1.29 is 27.2 Å². The number of nitrogens with one attached hydrogen (secondary N) is 1. The summed E-state index contributed by atoms with van der Waals surface area (Å²) in [6.45, 7) is 6.05. The van der Waals surface area contributed by atoms with Crippen LogP contribution < -0.4 is 4.72 Å². The normalized spacial score (nSPS) is 15.8. The molecule has 0 saturated carbocycles. The number of nitrogens with zero attached hydrogens (tertiary/aromatic N) is 1. The number of hydrogen-bond donors (Lipinski definition) is 1. The van der Waals surface area contributed by atoms with Gasteiger partial charge >= 0.3 is 5.97 Å². The highest BCUT2D eigenvalue weighted by atomic mass is 79.9. The van der Waals surface area contributed by atoms with Crippen LogP contribution in [-0.2, 0) is 30.9 Å². The molecule has 10 heteroatoms. The van der Waals surface area contributed by atoms with Crippen molar-refractivity contribution in [1.82, 2.24) is 9.62 Å². The number of carbonyl (C=O) groups excluding carboxylic acids is 2. The van der Waals surface area contributed by atoms with Crippen LogP contribution in [0.25, 0.3) is 6.08 Å². The Hall–Kier alpha value is -2.69. The van der Waals surface area contributed by atoms with E-state index in [1.54, 1.807) is 36.1 Å². The lowest BCUT2D eigenvalue weighted by molar-refractivity contribution is -0.136. The van der Waals surface area contributed by atoms with Gasteiger partial charge in [0.1, 0.15) is 11.5 Å². The third-order valence-electron chi connectivity index (χ3n) is 4.98. The lowest BCUT2D eigenvalue weighted by Crippen LogP contribution is -2.28. The maximum Gasteiger partial charge on any atom is 0.340 e. The molecule has 0 aliphatic carbocycles. The first-order valence-electron chi connectivity index (χ1n) is 10.2. The summed E-state index contributed by atoms with van der Waals surface area (Å²) in [4.78, 5) is 27.1. The van der Waals surface area contributed by atoms with Crippen molar-refractivity contribution in [2.45, 2.75) is 32.2 Å². The number of benzene rings is 1. The van der Waals surface area contributed by atoms with Crippen molar-refractivity contribution in [3.05, 3.63) is 69.2 Å². The fourth-order valence-electron chi connectivity index (χ4n) is 3.39. The second-order valence-electron chi connectivity index (χ2n) is 7.90. The van der Waals surface area contributed by atoms with Crippen molar-refractivity contribution in [3.63, 3.8) is 0 Å². The number of halogens is 1. The van der Waals surface area contributed by atoms with Gasteiger partial charge in [0.25, 0.3) is 5.91 Å². The van der Waals surface area contributed by atoms with Crippen molar-refractivity contribution >= 4 is 43.9 Å². The number of sulfonamides is 1. The molecule has 0 spiro atoms. The molecule has 0 radical (unpaired) electrons. The number of esters is 1. The molecule has 0 saturated heterocycles. The predicted molar refractivity (Wildman–Crippen MR) is 126 cm³/mol. The van der Waals surface area contributed by atoms with E-state index in [-0.39, 0.29) is 34.4 Å². The Morgan fingerprint density at radius 1 is 1.21 bits per heavy atom. The molecular weight excluding hydrogens is 512 g/mol. The maximum absolute atomic E-state index is 13.0. The number of methoxy groups -OCH3 is 1. The maximum atomic E-state index is 13.0. The highest BCUT2D eigenvalue weighted by Crippen LogP contribution is 2.32. The number of ether oxygens (including phenoxy) is 1. The zero-order chi connectivity index (χ0) is 24.3. The third kappa shape index (κ3) is 5.63. The summed E-state index contributed by atoms with van der Waals surface area (Å²) < 4.78 is 38.8. The summed E-state index contributed by atoms with van der Waals surface area (Å²) in [6.07, 6.45) is 1.48. The standard InChI is InChI=1S/C23H25BrN2O6S/c1-14(2)13-26-15(3)21(23(28)31-4)20(22(26)27)11-17-7-8-18(32-17)12-25-33(29,30)19-9-5-16(24)6-10-19/h5-11,14,25H,12-13H2,1-4H3/b20-11+. The number of carbonyl (C=O) groups is 2. The quantitative estimate of drug-likeness (QED) is 0.405. The van der Waals surface area contributed by atoms with E-state index in [9.17, 15) is 18.0 Å². The zero-order valence-electron chi connectivity index (χ0n) is 18.7. The van der Waals surface area contributed by atoms with Crippen molar-refractivity contribution in [1.29, 1.82) is 0 Å². The summed E-state index contributed by atoms with van der Waals surface area (Å²) in [5.74, 6) is -0.0388. The van der Waals surface area contributed by atoms with Crippen LogP contribution in [0, 0.1) is 5.92 Å². The minimum absolute atomic E-state index is 0.0757. The number of furan rings is 1. The van der Waals surface area contributed by atoms with E-state index in [2.05, 4.69) is 20.7 Å². The van der Waals surface area contributed by atoms with Crippen LogP contribution in [0.15, 0.2) is 67.0 Å². The van der Waals surface area contributed by atoms with Gasteiger partial charge in [-0.1, -0.05) is 29.8 Å². The summed E-state index contributed by atoms with van der Waals surface area (Å²) >= 11 is 3.27. The molecule has 1 N–H and O–H groups in total. The molecule has 3 rings (SSSR count). The van der Waals surface area contributed by atoms with E-state index in [4.69, 9.17) is 9.15 Å². The Morgan fingerprint density at radius 2 is 1.88 bits per heavy atom. The summed E-state index contributed by atoms with van der Waals surface area (Å²) in [6, 6.07) is 9.47. The van der Waals surface area contributed by atoms with Crippen LogP contribution >= 0.6 is 15.9 Å². The number of allylic oxidation sites excluding steroid dienone is 1. The Labute approximate surface area is 201 Å². The van der Waals surface area contributed by atoms with Gasteiger partial charge in [0.2, 0.25) is 10.0 Å². The molecule has 0 unspecified atom stereocenters. The molecule has 0 fully saturated rings. The molecule has 1 amide bonds. The molecule has 0 atom stereocenters. The minimum atomic E-state index is -3.72. The first kappa shape index (κ1) is 24.9. The highest BCUT2D eigenvalue weighted by molar-refractivity contribution is 9.10. The largest absolute Gasteiger partial charge is 0.465 e. The molecule has 1 aliphatic heterocycles. The van der Waals surface area contributed by atoms with Gasteiger partial charge in [0, 0.05) is 16.7 Å². The first-order valence-corrected chi connectivity index (χ1v) is 12.5. The fourth-order valence-corrected chi connectivity index (χ4v) is 4.64. The molecule has 1 aromatic heterocycles. The number of amides is 1. The molecule has 33 heavy (non-hydrogen) atoms. The molecule has 1 aromatic carbocycles. The van der Waals surface area contributed by atoms with Gasteiger partial charge in [-0.2, -0.15) is 0 Å².